The summed E-state index contributed by atoms with van der Waals surface area (Å²) >= 11 is 0. The zero-order valence-electron chi connectivity index (χ0n) is 14.7. The lowest BCUT2D eigenvalue weighted by Gasteiger charge is -2.12. The maximum Gasteiger partial charge on any atom is 0.387 e. The standard InChI is InChI=1S/C19H22F2N2O3/c1-13-5-3-4-6-15(13)9-10-22-19(24)23-12-14-7-8-16(26-18(20)21)17(11-14)25-2/h3-8,11,18H,9-10,12H2,1-2H3,(H2,22,23,24). The first-order valence-corrected chi connectivity index (χ1v) is 8.17. The van der Waals surface area contributed by atoms with E-state index in [9.17, 15) is 13.6 Å². The van der Waals surface area contributed by atoms with Crippen LogP contribution in [0.3, 0.4) is 0 Å². The highest BCUT2D eigenvalue weighted by Gasteiger charge is 2.11. The summed E-state index contributed by atoms with van der Waals surface area (Å²) in [5.74, 6) is 0.137. The largest absolute Gasteiger partial charge is 0.493 e. The third-order valence-corrected chi connectivity index (χ3v) is 3.84. The van der Waals surface area contributed by atoms with Crippen LogP contribution in [0.2, 0.25) is 0 Å². The lowest BCUT2D eigenvalue weighted by atomic mass is 10.1. The highest BCUT2D eigenvalue weighted by atomic mass is 19.3. The monoisotopic (exact) mass is 364 g/mol. The summed E-state index contributed by atoms with van der Waals surface area (Å²) < 4.78 is 34.0. The minimum Gasteiger partial charge on any atom is -0.493 e. The van der Waals surface area contributed by atoms with Crippen molar-refractivity contribution in [2.45, 2.75) is 26.5 Å². The van der Waals surface area contributed by atoms with Crippen molar-refractivity contribution in [2.24, 2.45) is 0 Å². The van der Waals surface area contributed by atoms with E-state index in [1.165, 1.54) is 24.3 Å². The van der Waals surface area contributed by atoms with Crippen LogP contribution < -0.4 is 20.1 Å². The molecule has 7 heteroatoms. The van der Waals surface area contributed by atoms with Crippen molar-refractivity contribution in [1.82, 2.24) is 10.6 Å². The fraction of sp³-hybridized carbons (Fsp3) is 0.316. The van der Waals surface area contributed by atoms with Crippen LogP contribution in [0.1, 0.15) is 16.7 Å². The fourth-order valence-corrected chi connectivity index (χ4v) is 2.46. The number of carbonyl (C=O) groups excluding carboxylic acids is 1. The molecule has 0 radical (unpaired) electrons. The quantitative estimate of drug-likeness (QED) is 0.752. The zero-order chi connectivity index (χ0) is 18.9. The van der Waals surface area contributed by atoms with Crippen LogP contribution in [-0.4, -0.2) is 26.3 Å². The van der Waals surface area contributed by atoms with Gasteiger partial charge in [-0.05, 0) is 42.2 Å². The molecule has 0 spiro atoms. The molecule has 5 nitrogen and oxygen atoms in total. The van der Waals surface area contributed by atoms with E-state index in [0.717, 1.165) is 6.42 Å². The van der Waals surface area contributed by atoms with E-state index < -0.39 is 6.61 Å². The molecular weight excluding hydrogens is 342 g/mol. The van der Waals surface area contributed by atoms with Crippen LogP contribution in [0.5, 0.6) is 11.5 Å². The highest BCUT2D eigenvalue weighted by Crippen LogP contribution is 2.29. The highest BCUT2D eigenvalue weighted by molar-refractivity contribution is 5.73. The molecule has 26 heavy (non-hydrogen) atoms. The SMILES string of the molecule is COc1cc(CNC(=O)NCCc2ccccc2C)ccc1OC(F)F. The van der Waals surface area contributed by atoms with Crippen molar-refractivity contribution < 1.29 is 23.0 Å². The van der Waals surface area contributed by atoms with Gasteiger partial charge in [-0.3, -0.25) is 0 Å². The van der Waals surface area contributed by atoms with Crippen LogP contribution in [0.25, 0.3) is 0 Å². The van der Waals surface area contributed by atoms with Crippen LogP contribution in [-0.2, 0) is 13.0 Å². The van der Waals surface area contributed by atoms with Gasteiger partial charge in [0.05, 0.1) is 7.11 Å². The first-order chi connectivity index (χ1) is 12.5. The van der Waals surface area contributed by atoms with Gasteiger partial charge in [0, 0.05) is 13.1 Å². The number of halogens is 2. The summed E-state index contributed by atoms with van der Waals surface area (Å²) in [5, 5.41) is 5.51. The molecule has 2 aromatic carbocycles. The van der Waals surface area contributed by atoms with Crippen LogP contribution in [0, 0.1) is 6.92 Å². The summed E-state index contributed by atoms with van der Waals surface area (Å²) in [4.78, 5) is 11.9. The molecule has 0 aliphatic rings. The van der Waals surface area contributed by atoms with Crippen LogP contribution >= 0.6 is 0 Å². The molecular formula is C19H22F2N2O3. The summed E-state index contributed by atoms with van der Waals surface area (Å²) in [6.07, 6.45) is 0.744. The number of methoxy groups -OCH3 is 1. The molecule has 0 aliphatic carbocycles. The number of hydrogen-bond acceptors (Lipinski definition) is 3. The summed E-state index contributed by atoms with van der Waals surface area (Å²) in [5.41, 5.74) is 3.08. The molecule has 2 aromatic rings. The predicted molar refractivity (Wildman–Crippen MR) is 94.7 cm³/mol. The van der Waals surface area contributed by atoms with Crippen LogP contribution in [0.4, 0.5) is 13.6 Å². The Morgan fingerprint density at radius 1 is 1.12 bits per heavy atom. The third-order valence-electron chi connectivity index (χ3n) is 3.84. The van der Waals surface area contributed by atoms with Gasteiger partial charge in [0.15, 0.2) is 11.5 Å². The van der Waals surface area contributed by atoms with Gasteiger partial charge < -0.3 is 20.1 Å². The number of rotatable bonds is 8. The Morgan fingerprint density at radius 3 is 2.58 bits per heavy atom. The molecule has 2 rings (SSSR count). The number of amides is 2. The first-order valence-electron chi connectivity index (χ1n) is 8.17. The van der Waals surface area contributed by atoms with E-state index in [1.807, 2.05) is 31.2 Å². The topological polar surface area (TPSA) is 59.6 Å². The van der Waals surface area contributed by atoms with Gasteiger partial charge in [-0.2, -0.15) is 8.78 Å². The average Bonchev–Trinajstić information content (AvgIpc) is 2.62. The molecule has 0 aromatic heterocycles. The second kappa shape index (κ2) is 9.60. The van der Waals surface area contributed by atoms with Gasteiger partial charge in [0.2, 0.25) is 0 Å². The van der Waals surface area contributed by atoms with E-state index in [0.29, 0.717) is 12.1 Å². The van der Waals surface area contributed by atoms with Crippen LogP contribution in [0.15, 0.2) is 42.5 Å². The molecule has 140 valence electrons. The summed E-state index contributed by atoms with van der Waals surface area (Å²) in [6, 6.07) is 12.2. The Labute approximate surface area is 151 Å². The number of carbonyl (C=O) groups is 1. The number of urea groups is 1. The molecule has 2 amide bonds. The second-order valence-electron chi connectivity index (χ2n) is 5.65. The molecule has 0 fully saturated rings. The third kappa shape index (κ3) is 5.91. The van der Waals surface area contributed by atoms with Gasteiger partial charge in [0.25, 0.3) is 0 Å². The maximum atomic E-state index is 12.3. The van der Waals surface area contributed by atoms with Crippen molar-refractivity contribution in [3.05, 3.63) is 59.2 Å². The number of hydrogen-bond donors (Lipinski definition) is 2. The second-order valence-corrected chi connectivity index (χ2v) is 5.65. The maximum absolute atomic E-state index is 12.3. The number of aryl methyl sites for hydroxylation is 1. The molecule has 0 saturated carbocycles. The number of ether oxygens (including phenoxy) is 2. The number of nitrogens with one attached hydrogen (secondary N) is 2. The van der Waals surface area contributed by atoms with E-state index in [1.54, 1.807) is 12.1 Å². The van der Waals surface area contributed by atoms with E-state index in [4.69, 9.17) is 4.74 Å². The summed E-state index contributed by atoms with van der Waals surface area (Å²) in [7, 11) is 1.36. The molecule has 0 unspecified atom stereocenters. The van der Waals surface area contributed by atoms with Gasteiger partial charge in [-0.15, -0.1) is 0 Å². The Bertz CT molecular complexity index is 738. The molecule has 0 saturated heterocycles. The predicted octanol–water partition coefficient (Wildman–Crippen LogP) is 3.65. The number of alkyl halides is 2. The molecule has 2 N–H and O–H groups in total. The smallest absolute Gasteiger partial charge is 0.387 e. The van der Waals surface area contributed by atoms with Gasteiger partial charge >= 0.3 is 12.6 Å². The average molecular weight is 364 g/mol. The van der Waals surface area contributed by atoms with Crippen molar-refractivity contribution in [2.75, 3.05) is 13.7 Å². The van der Waals surface area contributed by atoms with Crippen molar-refractivity contribution in [1.29, 1.82) is 0 Å². The zero-order valence-corrected chi connectivity index (χ0v) is 14.7. The number of benzene rings is 2. The molecule has 0 heterocycles. The normalized spacial score (nSPS) is 10.5. The van der Waals surface area contributed by atoms with E-state index in [2.05, 4.69) is 15.4 Å². The fourth-order valence-electron chi connectivity index (χ4n) is 2.46. The Hall–Kier alpha value is -2.83. The Balaban J connectivity index is 1.80. The Morgan fingerprint density at radius 2 is 1.88 bits per heavy atom. The van der Waals surface area contributed by atoms with E-state index >= 15 is 0 Å². The Kier molecular flexibility index (Phi) is 7.20. The molecule has 0 aliphatic heterocycles. The minimum atomic E-state index is -2.92. The van der Waals surface area contributed by atoms with Crippen molar-refractivity contribution >= 4 is 6.03 Å². The van der Waals surface area contributed by atoms with Crippen molar-refractivity contribution in [3.8, 4) is 11.5 Å². The summed E-state index contributed by atoms with van der Waals surface area (Å²) in [6.45, 7) is -0.140. The lowest BCUT2D eigenvalue weighted by Crippen LogP contribution is -2.36. The molecule has 0 atom stereocenters. The van der Waals surface area contributed by atoms with E-state index in [-0.39, 0.29) is 24.1 Å². The van der Waals surface area contributed by atoms with Gasteiger partial charge in [-0.25, -0.2) is 4.79 Å². The minimum absolute atomic E-state index is 0.0473. The lowest BCUT2D eigenvalue weighted by molar-refractivity contribution is -0.0512. The van der Waals surface area contributed by atoms with Gasteiger partial charge in [-0.1, -0.05) is 30.3 Å². The first kappa shape index (κ1) is 19.5. The van der Waals surface area contributed by atoms with Crippen molar-refractivity contribution in [3.63, 3.8) is 0 Å². The van der Waals surface area contributed by atoms with Gasteiger partial charge in [0.1, 0.15) is 0 Å². The molecule has 0 bridgehead atoms.